The molecule has 0 amide bonds. The molecule has 0 spiro atoms. The average molecular weight is 465 g/mol. The number of ether oxygens (including phenoxy) is 1. The number of rotatable bonds is 20. The van der Waals surface area contributed by atoms with E-state index in [-0.39, 0.29) is 26.1 Å². The van der Waals surface area contributed by atoms with Crippen molar-refractivity contribution in [2.24, 2.45) is 0 Å². The maximum Gasteiger partial charge on any atom is 0.303 e. The molecule has 0 aromatic carbocycles. The molecule has 0 rings (SSSR count). The first-order valence-electron chi connectivity index (χ1n) is 12.7. The summed E-state index contributed by atoms with van der Waals surface area (Å²) in [5.41, 5.74) is 0. The van der Waals surface area contributed by atoms with Gasteiger partial charge < -0.3 is 25.2 Å². The molecule has 0 heterocycles. The highest BCUT2D eigenvalue weighted by Gasteiger charge is 2.00. The molecule has 7 heteroatoms. The summed E-state index contributed by atoms with van der Waals surface area (Å²) in [5, 5.41) is 33.2. The van der Waals surface area contributed by atoms with E-state index >= 15 is 0 Å². The SMILES string of the molecule is CCC(=O)O.CCC(=O)O.CCCCCCCCCCCCCCCCOCC(O)CO. The van der Waals surface area contributed by atoms with Gasteiger partial charge in [0.1, 0.15) is 6.10 Å². The number of aliphatic hydroxyl groups is 2. The molecule has 0 aliphatic rings. The number of hydrogen-bond donors (Lipinski definition) is 4. The maximum absolute atomic E-state index is 9.37. The van der Waals surface area contributed by atoms with E-state index in [4.69, 9.17) is 25.2 Å². The van der Waals surface area contributed by atoms with Gasteiger partial charge in [0.05, 0.1) is 13.2 Å². The van der Waals surface area contributed by atoms with Crippen LogP contribution in [0.1, 0.15) is 124 Å². The van der Waals surface area contributed by atoms with Crippen molar-refractivity contribution >= 4 is 11.9 Å². The third kappa shape index (κ3) is 42.8. The predicted octanol–water partition coefficient (Wildman–Crippen LogP) is 5.80. The van der Waals surface area contributed by atoms with E-state index in [2.05, 4.69) is 6.92 Å². The highest BCUT2D eigenvalue weighted by Crippen LogP contribution is 2.12. The Morgan fingerprint density at radius 3 is 1.25 bits per heavy atom. The van der Waals surface area contributed by atoms with E-state index in [9.17, 15) is 9.59 Å². The number of carboxylic acid groups (broad SMARTS) is 2. The third-order valence-electron chi connectivity index (χ3n) is 4.77. The first kappa shape index (κ1) is 35.4. The molecular formula is C25H52O7. The summed E-state index contributed by atoms with van der Waals surface area (Å²) in [4.78, 5) is 18.7. The highest BCUT2D eigenvalue weighted by atomic mass is 16.5. The van der Waals surface area contributed by atoms with Crippen LogP contribution >= 0.6 is 0 Å². The van der Waals surface area contributed by atoms with Crippen LogP contribution in [0.15, 0.2) is 0 Å². The first-order valence-corrected chi connectivity index (χ1v) is 12.7. The van der Waals surface area contributed by atoms with Gasteiger partial charge in [-0.3, -0.25) is 9.59 Å². The Hall–Kier alpha value is -1.18. The van der Waals surface area contributed by atoms with Crippen LogP contribution in [0.5, 0.6) is 0 Å². The average Bonchev–Trinajstić information content (AvgIpc) is 2.79. The van der Waals surface area contributed by atoms with Crippen molar-refractivity contribution in [1.29, 1.82) is 0 Å². The van der Waals surface area contributed by atoms with Crippen LogP contribution in [-0.2, 0) is 14.3 Å². The molecular weight excluding hydrogens is 412 g/mol. The van der Waals surface area contributed by atoms with Crippen LogP contribution in [0.4, 0.5) is 0 Å². The van der Waals surface area contributed by atoms with E-state index in [0.29, 0.717) is 6.61 Å². The Labute approximate surface area is 196 Å². The standard InChI is InChI=1S/C19H40O3.2C3H6O2/c1-2-3-4-5-6-7-8-9-10-11-12-13-14-15-16-22-18-19(21)17-20;2*1-2-3(4)5/h19-21H,2-18H2,1H3;2*2H2,1H3,(H,4,5). The number of hydrogen-bond acceptors (Lipinski definition) is 5. The maximum atomic E-state index is 9.37. The normalized spacial score (nSPS) is 11.0. The number of unbranched alkanes of at least 4 members (excludes halogenated alkanes) is 13. The number of aliphatic carboxylic acids is 2. The Bertz CT molecular complexity index is 361. The molecule has 0 saturated carbocycles. The van der Waals surface area contributed by atoms with Crippen LogP contribution in [0, 0.1) is 0 Å². The van der Waals surface area contributed by atoms with Crippen LogP contribution in [0.2, 0.25) is 0 Å². The Kier molecular flexibility index (Phi) is 35.4. The second kappa shape index (κ2) is 32.0. The zero-order valence-electron chi connectivity index (χ0n) is 21.0. The van der Waals surface area contributed by atoms with Crippen LogP contribution < -0.4 is 0 Å². The van der Waals surface area contributed by atoms with Gasteiger partial charge in [-0.25, -0.2) is 0 Å². The van der Waals surface area contributed by atoms with E-state index in [1.807, 2.05) is 0 Å². The molecule has 0 aliphatic carbocycles. The minimum Gasteiger partial charge on any atom is -0.481 e. The fourth-order valence-electron chi connectivity index (χ4n) is 2.67. The van der Waals surface area contributed by atoms with Gasteiger partial charge >= 0.3 is 11.9 Å². The van der Waals surface area contributed by atoms with E-state index in [1.165, 1.54) is 83.5 Å². The second-order valence-electron chi connectivity index (χ2n) is 8.00. The molecule has 4 N–H and O–H groups in total. The summed E-state index contributed by atoms with van der Waals surface area (Å²) in [6.45, 7) is 6.22. The summed E-state index contributed by atoms with van der Waals surface area (Å²) < 4.78 is 5.28. The van der Waals surface area contributed by atoms with Crippen molar-refractivity contribution in [3.8, 4) is 0 Å². The third-order valence-corrected chi connectivity index (χ3v) is 4.77. The lowest BCUT2D eigenvalue weighted by atomic mass is 10.0. The monoisotopic (exact) mass is 464 g/mol. The summed E-state index contributed by atoms with van der Waals surface area (Å²) in [6.07, 6.45) is 18.7. The quantitative estimate of drug-likeness (QED) is 0.168. The van der Waals surface area contributed by atoms with Crippen molar-refractivity contribution in [2.45, 2.75) is 130 Å². The molecule has 1 unspecified atom stereocenters. The van der Waals surface area contributed by atoms with Crippen molar-refractivity contribution in [3.05, 3.63) is 0 Å². The van der Waals surface area contributed by atoms with Gasteiger partial charge in [-0.1, -0.05) is 104 Å². The summed E-state index contributed by atoms with van der Waals surface area (Å²) in [6, 6.07) is 0. The molecule has 32 heavy (non-hydrogen) atoms. The van der Waals surface area contributed by atoms with Crippen LogP contribution in [0.3, 0.4) is 0 Å². The van der Waals surface area contributed by atoms with Gasteiger partial charge in [0.2, 0.25) is 0 Å². The van der Waals surface area contributed by atoms with Crippen molar-refractivity contribution < 1.29 is 34.8 Å². The topological polar surface area (TPSA) is 124 Å². The molecule has 1 atom stereocenters. The van der Waals surface area contributed by atoms with Crippen molar-refractivity contribution in [1.82, 2.24) is 0 Å². The zero-order valence-corrected chi connectivity index (χ0v) is 21.0. The van der Waals surface area contributed by atoms with Gasteiger partial charge in [0, 0.05) is 19.4 Å². The Morgan fingerprint density at radius 2 is 0.969 bits per heavy atom. The zero-order chi connectivity index (χ0) is 24.9. The largest absolute Gasteiger partial charge is 0.481 e. The minimum atomic E-state index is -0.745. The van der Waals surface area contributed by atoms with E-state index in [1.54, 1.807) is 13.8 Å². The van der Waals surface area contributed by atoms with Gasteiger partial charge in [0.15, 0.2) is 0 Å². The lowest BCUT2D eigenvalue weighted by Gasteiger charge is -2.08. The molecule has 0 aliphatic heterocycles. The fraction of sp³-hybridized carbons (Fsp3) is 0.920. The van der Waals surface area contributed by atoms with Crippen molar-refractivity contribution in [3.63, 3.8) is 0 Å². The molecule has 194 valence electrons. The second-order valence-corrected chi connectivity index (χ2v) is 8.00. The lowest BCUT2D eigenvalue weighted by molar-refractivity contribution is -0.137. The number of carboxylic acids is 2. The Balaban J connectivity index is -0.000000695. The Morgan fingerprint density at radius 1 is 0.656 bits per heavy atom. The summed E-state index contributed by atoms with van der Waals surface area (Å²) in [5.74, 6) is -1.49. The smallest absolute Gasteiger partial charge is 0.303 e. The van der Waals surface area contributed by atoms with Crippen LogP contribution in [-0.4, -0.2) is 58.3 Å². The summed E-state index contributed by atoms with van der Waals surface area (Å²) >= 11 is 0. The molecule has 0 aromatic heterocycles. The molecule has 0 saturated heterocycles. The molecule has 0 fully saturated rings. The fourth-order valence-corrected chi connectivity index (χ4v) is 2.67. The molecule has 7 nitrogen and oxygen atoms in total. The lowest BCUT2D eigenvalue weighted by Crippen LogP contribution is -2.19. The predicted molar refractivity (Wildman–Crippen MR) is 130 cm³/mol. The number of carbonyl (C=O) groups is 2. The molecule has 0 bridgehead atoms. The van der Waals surface area contributed by atoms with Gasteiger partial charge in [-0.15, -0.1) is 0 Å². The highest BCUT2D eigenvalue weighted by molar-refractivity contribution is 5.66. The number of aliphatic hydroxyl groups excluding tert-OH is 2. The van der Waals surface area contributed by atoms with E-state index in [0.717, 1.165) is 6.42 Å². The molecule has 0 radical (unpaired) electrons. The first-order chi connectivity index (χ1) is 15.3. The molecule has 0 aromatic rings. The van der Waals surface area contributed by atoms with Gasteiger partial charge in [-0.2, -0.15) is 0 Å². The van der Waals surface area contributed by atoms with Gasteiger partial charge in [0.25, 0.3) is 0 Å². The van der Waals surface area contributed by atoms with Gasteiger partial charge in [-0.05, 0) is 6.42 Å². The van der Waals surface area contributed by atoms with Crippen molar-refractivity contribution in [2.75, 3.05) is 19.8 Å². The van der Waals surface area contributed by atoms with Crippen LogP contribution in [0.25, 0.3) is 0 Å². The summed E-state index contributed by atoms with van der Waals surface area (Å²) in [7, 11) is 0. The van der Waals surface area contributed by atoms with E-state index < -0.39 is 18.0 Å². The minimum absolute atomic E-state index is 0.210.